The Hall–Kier alpha value is -1.45. The Kier molecular flexibility index (Phi) is 7.50. The average Bonchev–Trinajstić information content (AvgIpc) is 2.56. The first kappa shape index (κ1) is 17.9. The van der Waals surface area contributed by atoms with E-state index >= 15 is 0 Å². The number of benzene rings is 2. The molecule has 0 saturated carbocycles. The number of amides is 1. The molecule has 0 fully saturated rings. The van der Waals surface area contributed by atoms with Crippen LogP contribution in [0.3, 0.4) is 0 Å². The Morgan fingerprint density at radius 1 is 1.13 bits per heavy atom. The molecule has 2 rings (SSSR count). The van der Waals surface area contributed by atoms with E-state index in [0.29, 0.717) is 6.42 Å². The Bertz CT molecular complexity index is 601. The summed E-state index contributed by atoms with van der Waals surface area (Å²) in [5.41, 5.74) is 1.31. The summed E-state index contributed by atoms with van der Waals surface area (Å²) in [4.78, 5) is 13.1. The van der Waals surface area contributed by atoms with E-state index in [1.807, 2.05) is 42.5 Å². The molecule has 0 aliphatic heterocycles. The fourth-order valence-corrected chi connectivity index (χ4v) is 3.22. The molecular formula is C19H22ClNOS. The molecule has 0 bridgehead atoms. The van der Waals surface area contributed by atoms with Crippen LogP contribution >= 0.6 is 23.4 Å². The van der Waals surface area contributed by atoms with Gasteiger partial charge < -0.3 is 5.32 Å². The van der Waals surface area contributed by atoms with Crippen LogP contribution in [0.2, 0.25) is 5.02 Å². The minimum absolute atomic E-state index is 0.118. The lowest BCUT2D eigenvalue weighted by Gasteiger charge is -2.13. The Balaban J connectivity index is 1.63. The van der Waals surface area contributed by atoms with Gasteiger partial charge in [0.1, 0.15) is 0 Å². The molecule has 2 aromatic carbocycles. The number of carbonyl (C=O) groups is 1. The van der Waals surface area contributed by atoms with Crippen LogP contribution < -0.4 is 5.32 Å². The molecule has 23 heavy (non-hydrogen) atoms. The van der Waals surface area contributed by atoms with Crippen molar-refractivity contribution in [3.05, 3.63) is 65.2 Å². The number of hydrogen-bond donors (Lipinski definition) is 1. The van der Waals surface area contributed by atoms with Crippen molar-refractivity contribution in [3.63, 3.8) is 0 Å². The molecular weight excluding hydrogens is 326 g/mol. The summed E-state index contributed by atoms with van der Waals surface area (Å²) in [6.07, 6.45) is 2.48. The molecule has 0 saturated heterocycles. The first-order chi connectivity index (χ1) is 11.1. The second kappa shape index (κ2) is 9.64. The maximum absolute atomic E-state index is 12.0. The van der Waals surface area contributed by atoms with Crippen LogP contribution in [0.1, 0.15) is 25.3 Å². The number of hydrogen-bond acceptors (Lipinski definition) is 2. The predicted molar refractivity (Wildman–Crippen MR) is 99.2 cm³/mol. The van der Waals surface area contributed by atoms with Crippen LogP contribution in [0, 0.1) is 0 Å². The molecule has 0 aliphatic carbocycles. The van der Waals surface area contributed by atoms with Gasteiger partial charge in [0.25, 0.3) is 0 Å². The fourth-order valence-electron chi connectivity index (χ4n) is 2.24. The minimum atomic E-state index is 0.118. The maximum atomic E-state index is 12.0. The van der Waals surface area contributed by atoms with E-state index in [0.717, 1.165) is 28.5 Å². The molecule has 0 aliphatic rings. The standard InChI is InChI=1S/C19H22ClNOS/c1-15(7-8-16-5-3-2-4-6-16)21-19(22)13-14-23-18-11-9-17(20)10-12-18/h2-6,9-12,15H,7-8,13-14H2,1H3,(H,21,22)/t15-/m0/s1. The highest BCUT2D eigenvalue weighted by Crippen LogP contribution is 2.20. The summed E-state index contributed by atoms with van der Waals surface area (Å²) in [6, 6.07) is 18.3. The van der Waals surface area contributed by atoms with Crippen molar-refractivity contribution in [2.45, 2.75) is 37.1 Å². The molecule has 0 heterocycles. The molecule has 0 unspecified atom stereocenters. The van der Waals surface area contributed by atoms with Crippen molar-refractivity contribution in [2.24, 2.45) is 0 Å². The predicted octanol–water partition coefficient (Wildman–Crippen LogP) is 4.96. The topological polar surface area (TPSA) is 29.1 Å². The summed E-state index contributed by atoms with van der Waals surface area (Å²) in [6.45, 7) is 2.06. The number of thioether (sulfide) groups is 1. The van der Waals surface area contributed by atoms with E-state index in [2.05, 4.69) is 24.4 Å². The summed E-state index contributed by atoms with van der Waals surface area (Å²) in [5, 5.41) is 3.81. The Labute approximate surface area is 147 Å². The summed E-state index contributed by atoms with van der Waals surface area (Å²) >= 11 is 7.53. The van der Waals surface area contributed by atoms with Crippen molar-refractivity contribution >= 4 is 29.3 Å². The zero-order valence-corrected chi connectivity index (χ0v) is 14.9. The lowest BCUT2D eigenvalue weighted by Crippen LogP contribution is -2.33. The summed E-state index contributed by atoms with van der Waals surface area (Å²) < 4.78 is 0. The molecule has 2 nitrogen and oxygen atoms in total. The highest BCUT2D eigenvalue weighted by molar-refractivity contribution is 7.99. The van der Waals surface area contributed by atoms with Crippen LogP contribution in [0.15, 0.2) is 59.5 Å². The van der Waals surface area contributed by atoms with Gasteiger partial charge in [0.05, 0.1) is 0 Å². The van der Waals surface area contributed by atoms with Gasteiger partial charge >= 0.3 is 0 Å². The van der Waals surface area contributed by atoms with E-state index in [1.165, 1.54) is 5.56 Å². The molecule has 0 radical (unpaired) electrons. The van der Waals surface area contributed by atoms with Crippen molar-refractivity contribution < 1.29 is 4.79 Å². The molecule has 122 valence electrons. The van der Waals surface area contributed by atoms with Crippen LogP contribution in [-0.4, -0.2) is 17.7 Å². The van der Waals surface area contributed by atoms with Gasteiger partial charge in [0.2, 0.25) is 5.91 Å². The monoisotopic (exact) mass is 347 g/mol. The number of halogens is 1. The summed E-state index contributed by atoms with van der Waals surface area (Å²) in [7, 11) is 0. The number of carbonyl (C=O) groups excluding carboxylic acids is 1. The average molecular weight is 348 g/mol. The van der Waals surface area contributed by atoms with Gasteiger partial charge in [-0.25, -0.2) is 0 Å². The maximum Gasteiger partial charge on any atom is 0.221 e. The number of aryl methyl sites for hydroxylation is 1. The second-order valence-corrected chi connectivity index (χ2v) is 7.15. The first-order valence-corrected chi connectivity index (χ1v) is 9.21. The largest absolute Gasteiger partial charge is 0.354 e. The highest BCUT2D eigenvalue weighted by atomic mass is 35.5. The van der Waals surface area contributed by atoms with E-state index in [-0.39, 0.29) is 11.9 Å². The van der Waals surface area contributed by atoms with Crippen molar-refractivity contribution in [3.8, 4) is 0 Å². The molecule has 4 heteroatoms. The van der Waals surface area contributed by atoms with Gasteiger partial charge in [-0.3, -0.25) is 4.79 Å². The lowest BCUT2D eigenvalue weighted by molar-refractivity contribution is -0.121. The van der Waals surface area contributed by atoms with Crippen molar-refractivity contribution in [1.29, 1.82) is 0 Å². The number of rotatable bonds is 8. The van der Waals surface area contributed by atoms with E-state index in [9.17, 15) is 4.79 Å². The molecule has 2 aromatic rings. The van der Waals surface area contributed by atoms with Gasteiger partial charge in [-0.15, -0.1) is 11.8 Å². The van der Waals surface area contributed by atoms with E-state index in [4.69, 9.17) is 11.6 Å². The normalized spacial score (nSPS) is 11.9. The van der Waals surface area contributed by atoms with Gasteiger partial charge in [-0.1, -0.05) is 41.9 Å². The highest BCUT2D eigenvalue weighted by Gasteiger charge is 2.07. The zero-order valence-electron chi connectivity index (χ0n) is 13.3. The second-order valence-electron chi connectivity index (χ2n) is 5.55. The quantitative estimate of drug-likeness (QED) is 0.684. The first-order valence-electron chi connectivity index (χ1n) is 7.85. The zero-order chi connectivity index (χ0) is 16.5. The van der Waals surface area contributed by atoms with Gasteiger partial charge in [-0.05, 0) is 49.6 Å². The third-order valence-corrected chi connectivity index (χ3v) is 4.79. The third kappa shape index (κ3) is 7.10. The molecule has 1 atom stereocenters. The fraction of sp³-hybridized carbons (Fsp3) is 0.316. The lowest BCUT2D eigenvalue weighted by atomic mass is 10.1. The van der Waals surface area contributed by atoms with Gasteiger partial charge in [0, 0.05) is 28.1 Å². The third-order valence-electron chi connectivity index (χ3n) is 3.53. The van der Waals surface area contributed by atoms with E-state index in [1.54, 1.807) is 11.8 Å². The van der Waals surface area contributed by atoms with Crippen LogP contribution in [0.4, 0.5) is 0 Å². The van der Waals surface area contributed by atoms with Crippen molar-refractivity contribution in [2.75, 3.05) is 5.75 Å². The molecule has 1 amide bonds. The Morgan fingerprint density at radius 2 is 1.83 bits per heavy atom. The van der Waals surface area contributed by atoms with Crippen LogP contribution in [0.5, 0.6) is 0 Å². The minimum Gasteiger partial charge on any atom is -0.354 e. The smallest absolute Gasteiger partial charge is 0.221 e. The molecule has 0 aromatic heterocycles. The molecule has 1 N–H and O–H groups in total. The van der Waals surface area contributed by atoms with E-state index < -0.39 is 0 Å². The van der Waals surface area contributed by atoms with Crippen LogP contribution in [0.25, 0.3) is 0 Å². The van der Waals surface area contributed by atoms with Gasteiger partial charge in [0.15, 0.2) is 0 Å². The number of nitrogens with one attached hydrogen (secondary N) is 1. The SMILES string of the molecule is C[C@@H](CCc1ccccc1)NC(=O)CCSc1ccc(Cl)cc1. The van der Waals surface area contributed by atoms with Crippen LogP contribution in [-0.2, 0) is 11.2 Å². The van der Waals surface area contributed by atoms with Gasteiger partial charge in [-0.2, -0.15) is 0 Å². The molecule has 0 spiro atoms. The summed E-state index contributed by atoms with van der Waals surface area (Å²) in [5.74, 6) is 0.894. The van der Waals surface area contributed by atoms with Crippen molar-refractivity contribution in [1.82, 2.24) is 5.32 Å². The Morgan fingerprint density at radius 3 is 2.52 bits per heavy atom.